The van der Waals surface area contributed by atoms with Crippen LogP contribution in [0.25, 0.3) is 0 Å². The van der Waals surface area contributed by atoms with E-state index in [-0.39, 0.29) is 10.6 Å². The van der Waals surface area contributed by atoms with Crippen LogP contribution in [0.2, 0.25) is 0 Å². The van der Waals surface area contributed by atoms with Crippen molar-refractivity contribution < 1.29 is 12.8 Å². The summed E-state index contributed by atoms with van der Waals surface area (Å²) in [6, 6.07) is 2.51. The van der Waals surface area contributed by atoms with E-state index in [9.17, 15) is 12.8 Å². The molecule has 2 aromatic rings. The lowest BCUT2D eigenvalue weighted by atomic mass is 10.3. The highest BCUT2D eigenvalue weighted by atomic mass is 32.2. The van der Waals surface area contributed by atoms with E-state index in [4.69, 9.17) is 5.73 Å². The maximum absolute atomic E-state index is 13.1. The van der Waals surface area contributed by atoms with Crippen molar-refractivity contribution in [2.45, 2.75) is 17.9 Å². The largest absolute Gasteiger partial charge is 0.398 e. The van der Waals surface area contributed by atoms with Crippen LogP contribution in [-0.4, -0.2) is 23.6 Å². The molecular formula is C10H12FN5O2S. The molecule has 0 radical (unpaired) electrons. The number of sulfonamides is 1. The number of nitrogens with two attached hydrogens (primary N) is 1. The standard InChI is InChI=1S/C10H12FN5O2S/c1-6(10-13-5-14-15-10)16-19(17,18)9-4-7(11)2-3-8(9)12/h2-6,16H,12H2,1H3,(H,13,14,15). The number of rotatable bonds is 4. The Morgan fingerprint density at radius 1 is 1.47 bits per heavy atom. The van der Waals surface area contributed by atoms with Crippen LogP contribution in [0.4, 0.5) is 10.1 Å². The van der Waals surface area contributed by atoms with Gasteiger partial charge in [-0.2, -0.15) is 5.10 Å². The first-order valence-electron chi connectivity index (χ1n) is 5.33. The van der Waals surface area contributed by atoms with Gasteiger partial charge in [-0.25, -0.2) is 22.5 Å². The Morgan fingerprint density at radius 3 is 2.84 bits per heavy atom. The van der Waals surface area contributed by atoms with Crippen molar-refractivity contribution in [1.82, 2.24) is 19.9 Å². The van der Waals surface area contributed by atoms with Gasteiger partial charge in [0, 0.05) is 0 Å². The van der Waals surface area contributed by atoms with Gasteiger partial charge in [0.1, 0.15) is 22.9 Å². The molecule has 0 saturated carbocycles. The van der Waals surface area contributed by atoms with Crippen molar-refractivity contribution in [2.75, 3.05) is 5.73 Å². The van der Waals surface area contributed by atoms with Crippen LogP contribution in [0.3, 0.4) is 0 Å². The van der Waals surface area contributed by atoms with E-state index in [1.165, 1.54) is 12.4 Å². The highest BCUT2D eigenvalue weighted by Crippen LogP contribution is 2.21. The van der Waals surface area contributed by atoms with Crippen LogP contribution in [0, 0.1) is 5.82 Å². The lowest BCUT2D eigenvalue weighted by Gasteiger charge is -2.13. The Morgan fingerprint density at radius 2 is 2.21 bits per heavy atom. The molecular weight excluding hydrogens is 273 g/mol. The second-order valence-electron chi connectivity index (χ2n) is 3.90. The molecule has 0 aliphatic rings. The molecule has 0 spiro atoms. The van der Waals surface area contributed by atoms with Gasteiger partial charge >= 0.3 is 0 Å². The number of aromatic amines is 1. The van der Waals surface area contributed by atoms with Gasteiger partial charge in [-0.15, -0.1) is 0 Å². The molecule has 9 heteroatoms. The van der Waals surface area contributed by atoms with Crippen LogP contribution in [0.15, 0.2) is 29.4 Å². The molecule has 0 fully saturated rings. The summed E-state index contributed by atoms with van der Waals surface area (Å²) < 4.78 is 39.6. The Labute approximate surface area is 109 Å². The lowest BCUT2D eigenvalue weighted by Crippen LogP contribution is -2.28. The monoisotopic (exact) mass is 285 g/mol. The van der Waals surface area contributed by atoms with Gasteiger partial charge in [0.2, 0.25) is 10.0 Å². The highest BCUT2D eigenvalue weighted by Gasteiger charge is 2.22. The van der Waals surface area contributed by atoms with Gasteiger partial charge in [-0.05, 0) is 25.1 Å². The van der Waals surface area contributed by atoms with E-state index in [1.807, 2.05) is 0 Å². The summed E-state index contributed by atoms with van der Waals surface area (Å²) in [5.74, 6) is -0.333. The minimum atomic E-state index is -3.94. The van der Waals surface area contributed by atoms with E-state index in [2.05, 4.69) is 19.9 Å². The third-order valence-corrected chi connectivity index (χ3v) is 4.04. The van der Waals surface area contributed by atoms with Crippen LogP contribution in [0.1, 0.15) is 18.8 Å². The molecule has 1 heterocycles. The van der Waals surface area contributed by atoms with Crippen LogP contribution >= 0.6 is 0 Å². The number of nitrogens with zero attached hydrogens (tertiary/aromatic N) is 2. The second kappa shape index (κ2) is 4.94. The molecule has 2 rings (SSSR count). The number of aromatic nitrogens is 3. The van der Waals surface area contributed by atoms with Gasteiger partial charge in [0.25, 0.3) is 0 Å². The molecule has 0 saturated heterocycles. The Kier molecular flexibility index (Phi) is 3.49. The first-order valence-corrected chi connectivity index (χ1v) is 6.81. The van der Waals surface area contributed by atoms with Crippen molar-refractivity contribution in [3.63, 3.8) is 0 Å². The number of benzene rings is 1. The van der Waals surface area contributed by atoms with E-state index in [0.717, 1.165) is 12.1 Å². The smallest absolute Gasteiger partial charge is 0.243 e. The molecule has 19 heavy (non-hydrogen) atoms. The predicted octanol–water partition coefficient (Wildman–Crippen LogP) is 0.566. The van der Waals surface area contributed by atoms with E-state index < -0.39 is 21.9 Å². The summed E-state index contributed by atoms with van der Waals surface area (Å²) in [6.45, 7) is 1.58. The number of nitrogens with one attached hydrogen (secondary N) is 2. The van der Waals surface area contributed by atoms with Gasteiger partial charge in [-0.1, -0.05) is 0 Å². The molecule has 4 N–H and O–H groups in total. The molecule has 1 aromatic heterocycles. The minimum Gasteiger partial charge on any atom is -0.398 e. The molecule has 0 amide bonds. The average Bonchev–Trinajstić information content (AvgIpc) is 2.85. The average molecular weight is 285 g/mol. The molecule has 0 bridgehead atoms. The molecule has 0 aliphatic heterocycles. The third-order valence-electron chi connectivity index (χ3n) is 2.44. The van der Waals surface area contributed by atoms with Crippen molar-refractivity contribution in [3.8, 4) is 0 Å². The van der Waals surface area contributed by atoms with E-state index in [1.54, 1.807) is 6.92 Å². The number of anilines is 1. The van der Waals surface area contributed by atoms with Crippen molar-refractivity contribution in [2.24, 2.45) is 0 Å². The van der Waals surface area contributed by atoms with Crippen molar-refractivity contribution >= 4 is 15.7 Å². The molecule has 1 atom stereocenters. The zero-order chi connectivity index (χ0) is 14.0. The zero-order valence-electron chi connectivity index (χ0n) is 9.96. The summed E-state index contributed by atoms with van der Waals surface area (Å²) >= 11 is 0. The summed E-state index contributed by atoms with van der Waals surface area (Å²) in [4.78, 5) is 3.53. The van der Waals surface area contributed by atoms with Crippen LogP contribution in [0.5, 0.6) is 0 Å². The fourth-order valence-corrected chi connectivity index (χ4v) is 2.87. The Balaban J connectivity index is 2.30. The summed E-state index contributed by atoms with van der Waals surface area (Å²) in [6.07, 6.45) is 1.26. The highest BCUT2D eigenvalue weighted by molar-refractivity contribution is 7.89. The number of hydrogen-bond acceptors (Lipinski definition) is 5. The number of nitrogen functional groups attached to an aromatic ring is 1. The predicted molar refractivity (Wildman–Crippen MR) is 65.9 cm³/mol. The first kappa shape index (κ1) is 13.4. The maximum atomic E-state index is 13.1. The molecule has 7 nitrogen and oxygen atoms in total. The van der Waals surface area contributed by atoms with Crippen LogP contribution in [-0.2, 0) is 10.0 Å². The maximum Gasteiger partial charge on any atom is 0.243 e. The zero-order valence-corrected chi connectivity index (χ0v) is 10.8. The van der Waals surface area contributed by atoms with Gasteiger partial charge in [-0.3, -0.25) is 5.10 Å². The Hall–Kier alpha value is -2.00. The van der Waals surface area contributed by atoms with Gasteiger partial charge < -0.3 is 5.73 Å². The lowest BCUT2D eigenvalue weighted by molar-refractivity contribution is 0.558. The SMILES string of the molecule is CC(NS(=O)(=O)c1cc(F)ccc1N)c1ncn[nH]1. The number of H-pyrrole nitrogens is 1. The quantitative estimate of drug-likeness (QED) is 0.710. The van der Waals surface area contributed by atoms with Gasteiger partial charge in [0.05, 0.1) is 11.7 Å². The molecule has 1 aromatic carbocycles. The first-order chi connectivity index (χ1) is 8.90. The molecule has 1 unspecified atom stereocenters. The summed E-state index contributed by atoms with van der Waals surface area (Å²) in [7, 11) is -3.94. The van der Waals surface area contributed by atoms with Gasteiger partial charge in [0.15, 0.2) is 0 Å². The molecule has 0 aliphatic carbocycles. The second-order valence-corrected chi connectivity index (χ2v) is 5.58. The van der Waals surface area contributed by atoms with Crippen molar-refractivity contribution in [3.05, 3.63) is 36.2 Å². The van der Waals surface area contributed by atoms with E-state index in [0.29, 0.717) is 5.82 Å². The third kappa shape index (κ3) is 2.88. The number of halogens is 1. The Bertz CT molecular complexity index is 671. The number of hydrogen-bond donors (Lipinski definition) is 3. The minimum absolute atomic E-state index is 0.0290. The topological polar surface area (TPSA) is 114 Å². The fourth-order valence-electron chi connectivity index (χ4n) is 1.52. The van der Waals surface area contributed by atoms with Crippen molar-refractivity contribution in [1.29, 1.82) is 0 Å². The van der Waals surface area contributed by atoms with Crippen LogP contribution < -0.4 is 10.5 Å². The fraction of sp³-hybridized carbons (Fsp3) is 0.200. The van der Waals surface area contributed by atoms with E-state index >= 15 is 0 Å². The normalized spacial score (nSPS) is 13.4. The molecule has 102 valence electrons. The summed E-state index contributed by atoms with van der Waals surface area (Å²) in [5.41, 5.74) is 5.52. The summed E-state index contributed by atoms with van der Waals surface area (Å²) in [5, 5.41) is 6.17.